The fourth-order valence-corrected chi connectivity index (χ4v) is 3.25. The summed E-state index contributed by atoms with van der Waals surface area (Å²) in [4.78, 5) is 25.9. The van der Waals surface area contributed by atoms with Gasteiger partial charge in [-0.2, -0.15) is 0 Å². The van der Waals surface area contributed by atoms with Crippen LogP contribution in [0.1, 0.15) is 25.3 Å². The summed E-state index contributed by atoms with van der Waals surface area (Å²) < 4.78 is 5.98. The van der Waals surface area contributed by atoms with E-state index in [4.69, 9.17) is 4.74 Å². The van der Waals surface area contributed by atoms with Crippen LogP contribution in [0, 0.1) is 0 Å². The van der Waals surface area contributed by atoms with Gasteiger partial charge in [0.15, 0.2) is 0 Å². The van der Waals surface area contributed by atoms with Crippen LogP contribution in [0.3, 0.4) is 0 Å². The first-order valence-electron chi connectivity index (χ1n) is 8.85. The molecule has 0 saturated carbocycles. The van der Waals surface area contributed by atoms with Crippen LogP contribution in [0.5, 0.6) is 5.75 Å². The van der Waals surface area contributed by atoms with Gasteiger partial charge in [0.1, 0.15) is 11.2 Å². The van der Waals surface area contributed by atoms with Crippen molar-refractivity contribution in [2.45, 2.75) is 31.6 Å². The van der Waals surface area contributed by atoms with Crippen molar-refractivity contribution in [2.75, 3.05) is 5.32 Å². The zero-order valence-electron chi connectivity index (χ0n) is 15.1. The van der Waals surface area contributed by atoms with Gasteiger partial charge in [0.2, 0.25) is 11.5 Å². The number of H-pyrrole nitrogens is 1. The lowest BCUT2D eigenvalue weighted by Crippen LogP contribution is -2.14. The average molecular weight is 382 g/mol. The van der Waals surface area contributed by atoms with E-state index in [1.165, 1.54) is 18.6 Å². The Balaban J connectivity index is 1.73. The van der Waals surface area contributed by atoms with Gasteiger partial charge in [-0.05, 0) is 43.0 Å². The minimum Gasteiger partial charge on any atom is -0.478 e. The van der Waals surface area contributed by atoms with Crippen LogP contribution in [0.15, 0.2) is 59.4 Å². The van der Waals surface area contributed by atoms with Crippen molar-refractivity contribution >= 4 is 35.1 Å². The molecule has 1 unspecified atom stereocenters. The second-order valence-corrected chi connectivity index (χ2v) is 6.93. The SMILES string of the molecule is CC(=O)Nc1c(OC(S)CCCc2ccccc2)ccc2[nH]c(=O)ccc12. The number of hydrogen-bond acceptors (Lipinski definition) is 4. The fourth-order valence-electron chi connectivity index (χ4n) is 2.95. The maximum Gasteiger partial charge on any atom is 0.248 e. The number of thiol groups is 1. The minimum atomic E-state index is -0.304. The Morgan fingerprint density at radius 3 is 2.67 bits per heavy atom. The Morgan fingerprint density at radius 1 is 1.15 bits per heavy atom. The number of aromatic nitrogens is 1. The van der Waals surface area contributed by atoms with Gasteiger partial charge in [-0.25, -0.2) is 0 Å². The molecule has 3 rings (SSSR count). The lowest BCUT2D eigenvalue weighted by atomic mass is 10.1. The van der Waals surface area contributed by atoms with E-state index in [9.17, 15) is 9.59 Å². The standard InChI is InChI=1S/C21H22N2O3S/c1-14(24)22-21-16-10-13-19(25)23-17(16)11-12-18(21)26-20(27)9-5-8-15-6-3-2-4-7-15/h2-4,6-7,10-13,20,27H,5,8-9H2,1H3,(H,22,24)(H,23,25). The number of fused-ring (bicyclic) bond motifs is 1. The molecule has 2 N–H and O–H groups in total. The second-order valence-electron chi connectivity index (χ2n) is 6.35. The smallest absolute Gasteiger partial charge is 0.248 e. The quantitative estimate of drug-likeness (QED) is 0.425. The molecule has 1 amide bonds. The minimum absolute atomic E-state index is 0.196. The van der Waals surface area contributed by atoms with Crippen LogP contribution in [0.25, 0.3) is 10.9 Å². The molecule has 0 fully saturated rings. The summed E-state index contributed by atoms with van der Waals surface area (Å²) in [6.45, 7) is 1.44. The fraction of sp³-hybridized carbons (Fsp3) is 0.238. The van der Waals surface area contributed by atoms with Crippen LogP contribution in [-0.4, -0.2) is 16.3 Å². The van der Waals surface area contributed by atoms with E-state index < -0.39 is 0 Å². The maximum absolute atomic E-state index is 11.6. The van der Waals surface area contributed by atoms with Gasteiger partial charge in [0.25, 0.3) is 0 Å². The number of hydrogen-bond donors (Lipinski definition) is 3. The monoisotopic (exact) mass is 382 g/mol. The highest BCUT2D eigenvalue weighted by molar-refractivity contribution is 7.80. The number of rotatable bonds is 7. The molecule has 140 valence electrons. The predicted molar refractivity (Wildman–Crippen MR) is 112 cm³/mol. The van der Waals surface area contributed by atoms with Crippen molar-refractivity contribution in [2.24, 2.45) is 0 Å². The van der Waals surface area contributed by atoms with Crippen LogP contribution >= 0.6 is 12.6 Å². The molecule has 0 bridgehead atoms. The molecule has 5 nitrogen and oxygen atoms in total. The van der Waals surface area contributed by atoms with Gasteiger partial charge in [0.05, 0.1) is 11.2 Å². The molecule has 0 spiro atoms. The molecule has 3 aromatic rings. The lowest BCUT2D eigenvalue weighted by Gasteiger charge is -2.18. The molecule has 6 heteroatoms. The van der Waals surface area contributed by atoms with E-state index >= 15 is 0 Å². The number of amides is 1. The van der Waals surface area contributed by atoms with Gasteiger partial charge in [-0.15, -0.1) is 12.6 Å². The molecule has 1 aromatic heterocycles. The molecule has 0 radical (unpaired) electrons. The first-order valence-corrected chi connectivity index (χ1v) is 9.37. The summed E-state index contributed by atoms with van der Waals surface area (Å²) in [6, 6.07) is 16.9. The van der Waals surface area contributed by atoms with Crippen molar-refractivity contribution in [1.82, 2.24) is 4.98 Å². The molecule has 0 aliphatic rings. The van der Waals surface area contributed by atoms with E-state index in [1.54, 1.807) is 18.2 Å². The Morgan fingerprint density at radius 2 is 1.93 bits per heavy atom. The van der Waals surface area contributed by atoms with Gasteiger partial charge >= 0.3 is 0 Å². The summed E-state index contributed by atoms with van der Waals surface area (Å²) in [7, 11) is 0. The Bertz CT molecular complexity index is 986. The van der Waals surface area contributed by atoms with Crippen LogP contribution in [0.4, 0.5) is 5.69 Å². The molecule has 0 aliphatic carbocycles. The van der Waals surface area contributed by atoms with Crippen molar-refractivity contribution in [3.8, 4) is 5.75 Å². The summed E-state index contributed by atoms with van der Waals surface area (Å²) in [5, 5.41) is 3.52. The molecule has 2 aromatic carbocycles. The highest BCUT2D eigenvalue weighted by Gasteiger charge is 2.14. The zero-order valence-corrected chi connectivity index (χ0v) is 16.0. The van der Waals surface area contributed by atoms with E-state index in [1.807, 2.05) is 18.2 Å². The van der Waals surface area contributed by atoms with E-state index in [2.05, 4.69) is 35.1 Å². The van der Waals surface area contributed by atoms with Crippen molar-refractivity contribution in [3.05, 3.63) is 70.5 Å². The number of pyridine rings is 1. The zero-order chi connectivity index (χ0) is 19.2. The Labute approximate surface area is 163 Å². The molecule has 1 heterocycles. The van der Waals surface area contributed by atoms with Gasteiger partial charge < -0.3 is 15.0 Å². The molecular formula is C21H22N2O3S. The summed E-state index contributed by atoms with van der Waals surface area (Å²) in [5.74, 6) is 0.322. The first-order chi connectivity index (χ1) is 13.0. The van der Waals surface area contributed by atoms with Crippen molar-refractivity contribution in [3.63, 3.8) is 0 Å². The van der Waals surface area contributed by atoms with Gasteiger partial charge in [0, 0.05) is 18.4 Å². The van der Waals surface area contributed by atoms with Gasteiger partial charge in [-0.1, -0.05) is 30.3 Å². The summed E-state index contributed by atoms with van der Waals surface area (Å²) in [6.07, 6.45) is 2.66. The normalized spacial score (nSPS) is 11.9. The number of carbonyl (C=O) groups excluding carboxylic acids is 1. The summed E-state index contributed by atoms with van der Waals surface area (Å²) in [5.41, 5.74) is 1.96. The highest BCUT2D eigenvalue weighted by Crippen LogP contribution is 2.33. The van der Waals surface area contributed by atoms with Crippen molar-refractivity contribution in [1.29, 1.82) is 0 Å². The average Bonchev–Trinajstić information content (AvgIpc) is 2.64. The van der Waals surface area contributed by atoms with Crippen LogP contribution in [0.2, 0.25) is 0 Å². The molecule has 27 heavy (non-hydrogen) atoms. The largest absolute Gasteiger partial charge is 0.478 e. The third-order valence-electron chi connectivity index (χ3n) is 4.19. The van der Waals surface area contributed by atoms with Crippen molar-refractivity contribution < 1.29 is 9.53 Å². The maximum atomic E-state index is 11.6. The van der Waals surface area contributed by atoms with Gasteiger partial charge in [-0.3, -0.25) is 9.59 Å². The Hall–Kier alpha value is -2.73. The molecule has 0 aliphatic heterocycles. The number of nitrogens with one attached hydrogen (secondary N) is 2. The lowest BCUT2D eigenvalue weighted by molar-refractivity contribution is -0.114. The van der Waals surface area contributed by atoms with E-state index in [0.717, 1.165) is 19.3 Å². The predicted octanol–water partition coefficient (Wildman–Crippen LogP) is 4.14. The van der Waals surface area contributed by atoms with Crippen LogP contribution < -0.4 is 15.6 Å². The topological polar surface area (TPSA) is 71.2 Å². The van der Waals surface area contributed by atoms with Crippen LogP contribution in [-0.2, 0) is 11.2 Å². The number of carbonyl (C=O) groups is 1. The number of benzene rings is 2. The second kappa shape index (κ2) is 8.77. The number of aryl methyl sites for hydroxylation is 1. The molecule has 1 atom stereocenters. The molecular weight excluding hydrogens is 360 g/mol. The van der Waals surface area contributed by atoms with E-state index in [-0.39, 0.29) is 16.9 Å². The Kier molecular flexibility index (Phi) is 6.19. The highest BCUT2D eigenvalue weighted by atomic mass is 32.1. The first kappa shape index (κ1) is 19.0. The van der Waals surface area contributed by atoms with E-state index in [0.29, 0.717) is 22.3 Å². The third kappa shape index (κ3) is 5.14. The number of ether oxygens (including phenoxy) is 1. The summed E-state index contributed by atoms with van der Waals surface area (Å²) >= 11 is 4.54. The number of aromatic amines is 1. The third-order valence-corrected chi connectivity index (χ3v) is 4.55. The molecule has 0 saturated heterocycles. The number of anilines is 1.